The minimum absolute atomic E-state index is 0.305. The Hall–Kier alpha value is -1.06. The first-order chi connectivity index (χ1) is 8.74. The summed E-state index contributed by atoms with van der Waals surface area (Å²) in [7, 11) is 1.70. The zero-order valence-corrected chi connectivity index (χ0v) is 11.3. The van der Waals surface area contributed by atoms with Crippen LogP contribution in [0, 0.1) is 12.8 Å². The van der Waals surface area contributed by atoms with Gasteiger partial charge in [-0.15, -0.1) is 0 Å². The summed E-state index contributed by atoms with van der Waals surface area (Å²) in [6.45, 7) is 3.24. The van der Waals surface area contributed by atoms with E-state index in [0.717, 1.165) is 18.7 Å². The molecule has 1 aromatic carbocycles. The van der Waals surface area contributed by atoms with Crippen LogP contribution < -0.4 is 10.1 Å². The van der Waals surface area contributed by atoms with Crippen molar-refractivity contribution in [2.24, 2.45) is 5.92 Å². The summed E-state index contributed by atoms with van der Waals surface area (Å²) in [4.78, 5) is 0. The molecule has 0 aromatic heterocycles. The topological polar surface area (TPSA) is 41.5 Å². The molecule has 1 fully saturated rings. The Morgan fingerprint density at radius 1 is 1.39 bits per heavy atom. The lowest BCUT2D eigenvalue weighted by Crippen LogP contribution is -2.33. The molecule has 1 aliphatic carbocycles. The molecular weight excluding hydrogens is 226 g/mol. The molecule has 0 bridgehead atoms. The normalized spacial score (nSPS) is 23.3. The molecule has 1 aromatic rings. The van der Waals surface area contributed by atoms with E-state index in [1.54, 1.807) is 7.11 Å². The fraction of sp³-hybridized carbons (Fsp3) is 0.600. The lowest BCUT2D eigenvalue weighted by molar-refractivity contribution is 0.205. The Morgan fingerprint density at radius 2 is 2.22 bits per heavy atom. The van der Waals surface area contributed by atoms with Crippen LogP contribution in [0.4, 0.5) is 0 Å². The molecular formula is C15H23NO2. The highest BCUT2D eigenvalue weighted by atomic mass is 16.5. The number of nitrogens with one attached hydrogen (secondary N) is 1. The molecule has 0 aliphatic heterocycles. The number of hydrogen-bond donors (Lipinski definition) is 2. The van der Waals surface area contributed by atoms with Crippen LogP contribution in [0.5, 0.6) is 5.75 Å². The fourth-order valence-corrected chi connectivity index (χ4v) is 2.82. The summed E-state index contributed by atoms with van der Waals surface area (Å²) in [6.07, 6.45) is 3.56. The van der Waals surface area contributed by atoms with Gasteiger partial charge in [0.25, 0.3) is 0 Å². The van der Waals surface area contributed by atoms with Crippen molar-refractivity contribution in [1.29, 1.82) is 0 Å². The van der Waals surface area contributed by atoms with Gasteiger partial charge < -0.3 is 15.2 Å². The first-order valence-corrected chi connectivity index (χ1v) is 6.72. The zero-order chi connectivity index (χ0) is 13.0. The van der Waals surface area contributed by atoms with Crippen LogP contribution in [0.15, 0.2) is 18.2 Å². The number of aliphatic hydroxyl groups excluding tert-OH is 1. The number of aliphatic hydroxyl groups is 1. The van der Waals surface area contributed by atoms with E-state index in [-0.39, 0.29) is 0 Å². The van der Waals surface area contributed by atoms with Gasteiger partial charge in [-0.05, 0) is 42.9 Å². The Labute approximate surface area is 109 Å². The van der Waals surface area contributed by atoms with Gasteiger partial charge in [0, 0.05) is 19.2 Å². The van der Waals surface area contributed by atoms with Gasteiger partial charge in [0.2, 0.25) is 0 Å². The molecule has 0 heterocycles. The van der Waals surface area contributed by atoms with E-state index in [0.29, 0.717) is 18.6 Å². The quantitative estimate of drug-likeness (QED) is 0.841. The zero-order valence-electron chi connectivity index (χ0n) is 11.3. The first kappa shape index (κ1) is 13.4. The first-order valence-electron chi connectivity index (χ1n) is 6.72. The van der Waals surface area contributed by atoms with Gasteiger partial charge in [0.05, 0.1) is 7.11 Å². The van der Waals surface area contributed by atoms with E-state index in [1.165, 1.54) is 24.0 Å². The Morgan fingerprint density at radius 3 is 2.89 bits per heavy atom. The van der Waals surface area contributed by atoms with Gasteiger partial charge in [-0.25, -0.2) is 0 Å². The van der Waals surface area contributed by atoms with E-state index >= 15 is 0 Å². The summed E-state index contributed by atoms with van der Waals surface area (Å²) in [6, 6.07) is 6.75. The molecule has 1 saturated carbocycles. The largest absolute Gasteiger partial charge is 0.496 e. The Balaban J connectivity index is 1.92. The van der Waals surface area contributed by atoms with E-state index in [4.69, 9.17) is 4.74 Å². The van der Waals surface area contributed by atoms with Crippen LogP contribution >= 0.6 is 0 Å². The SMILES string of the molecule is COc1ccc(CNC2CCCC2CO)cc1C. The predicted molar refractivity (Wildman–Crippen MR) is 72.8 cm³/mol. The predicted octanol–water partition coefficient (Wildman–Crippen LogP) is 2.25. The van der Waals surface area contributed by atoms with Crippen LogP contribution in [0.25, 0.3) is 0 Å². The van der Waals surface area contributed by atoms with E-state index < -0.39 is 0 Å². The van der Waals surface area contributed by atoms with Crippen LogP contribution in [-0.4, -0.2) is 24.9 Å². The number of aryl methyl sites for hydroxylation is 1. The second-order valence-electron chi connectivity index (χ2n) is 5.16. The maximum Gasteiger partial charge on any atom is 0.121 e. The van der Waals surface area contributed by atoms with Gasteiger partial charge in [0.1, 0.15) is 5.75 Å². The van der Waals surface area contributed by atoms with Crippen molar-refractivity contribution >= 4 is 0 Å². The third-order valence-electron chi connectivity index (χ3n) is 3.92. The van der Waals surface area contributed by atoms with Gasteiger partial charge in [-0.1, -0.05) is 18.6 Å². The average molecular weight is 249 g/mol. The molecule has 0 spiro atoms. The maximum atomic E-state index is 9.29. The van der Waals surface area contributed by atoms with Gasteiger partial charge >= 0.3 is 0 Å². The second-order valence-corrected chi connectivity index (χ2v) is 5.16. The number of methoxy groups -OCH3 is 1. The average Bonchev–Trinajstić information content (AvgIpc) is 2.84. The molecule has 2 atom stereocenters. The molecule has 0 saturated heterocycles. The number of rotatable bonds is 5. The van der Waals surface area contributed by atoms with E-state index in [2.05, 4.69) is 24.4 Å². The molecule has 3 heteroatoms. The Kier molecular flexibility index (Phi) is 4.61. The summed E-state index contributed by atoms with van der Waals surface area (Å²) < 4.78 is 5.26. The van der Waals surface area contributed by atoms with Crippen molar-refractivity contribution in [3.05, 3.63) is 29.3 Å². The van der Waals surface area contributed by atoms with Crippen LogP contribution in [0.3, 0.4) is 0 Å². The number of ether oxygens (including phenoxy) is 1. The third-order valence-corrected chi connectivity index (χ3v) is 3.92. The van der Waals surface area contributed by atoms with Gasteiger partial charge in [-0.3, -0.25) is 0 Å². The minimum Gasteiger partial charge on any atom is -0.496 e. The molecule has 2 rings (SSSR count). The van der Waals surface area contributed by atoms with Crippen LogP contribution in [0.1, 0.15) is 30.4 Å². The summed E-state index contributed by atoms with van der Waals surface area (Å²) in [5.74, 6) is 1.37. The summed E-state index contributed by atoms with van der Waals surface area (Å²) >= 11 is 0. The molecule has 0 radical (unpaired) electrons. The minimum atomic E-state index is 0.305. The van der Waals surface area contributed by atoms with Crippen molar-refractivity contribution in [2.45, 2.75) is 38.8 Å². The van der Waals surface area contributed by atoms with Crippen molar-refractivity contribution in [3.8, 4) is 5.75 Å². The fourth-order valence-electron chi connectivity index (χ4n) is 2.82. The highest BCUT2D eigenvalue weighted by Crippen LogP contribution is 2.25. The smallest absolute Gasteiger partial charge is 0.121 e. The summed E-state index contributed by atoms with van der Waals surface area (Å²) in [5, 5.41) is 12.9. The monoisotopic (exact) mass is 249 g/mol. The lowest BCUT2D eigenvalue weighted by atomic mass is 10.0. The number of hydrogen-bond acceptors (Lipinski definition) is 3. The van der Waals surface area contributed by atoms with Crippen LogP contribution in [0.2, 0.25) is 0 Å². The number of benzene rings is 1. The molecule has 18 heavy (non-hydrogen) atoms. The standard InChI is InChI=1S/C15H23NO2/c1-11-8-12(6-7-15(11)18-2)9-16-14-5-3-4-13(14)10-17/h6-8,13-14,16-17H,3-5,9-10H2,1-2H3. The van der Waals surface area contributed by atoms with Crippen LogP contribution in [-0.2, 0) is 6.54 Å². The molecule has 3 nitrogen and oxygen atoms in total. The molecule has 1 aliphatic rings. The highest BCUT2D eigenvalue weighted by Gasteiger charge is 2.25. The van der Waals surface area contributed by atoms with E-state index in [9.17, 15) is 5.11 Å². The van der Waals surface area contributed by atoms with Crippen molar-refractivity contribution in [2.75, 3.05) is 13.7 Å². The molecule has 2 unspecified atom stereocenters. The summed E-state index contributed by atoms with van der Waals surface area (Å²) in [5.41, 5.74) is 2.44. The molecule has 0 amide bonds. The lowest BCUT2D eigenvalue weighted by Gasteiger charge is -2.19. The highest BCUT2D eigenvalue weighted by molar-refractivity contribution is 5.36. The van der Waals surface area contributed by atoms with Gasteiger partial charge in [0.15, 0.2) is 0 Å². The van der Waals surface area contributed by atoms with Gasteiger partial charge in [-0.2, -0.15) is 0 Å². The van der Waals surface area contributed by atoms with Crippen molar-refractivity contribution < 1.29 is 9.84 Å². The maximum absolute atomic E-state index is 9.29. The van der Waals surface area contributed by atoms with Crippen molar-refractivity contribution in [1.82, 2.24) is 5.32 Å². The van der Waals surface area contributed by atoms with Crippen molar-refractivity contribution in [3.63, 3.8) is 0 Å². The van der Waals surface area contributed by atoms with E-state index in [1.807, 2.05) is 6.07 Å². The molecule has 2 N–H and O–H groups in total. The third kappa shape index (κ3) is 3.03. The molecule has 100 valence electrons. The Bertz CT molecular complexity index is 392. The second kappa shape index (κ2) is 6.21.